The van der Waals surface area contributed by atoms with Gasteiger partial charge < -0.3 is 14.8 Å². The number of aryl methyl sites for hydroxylation is 1. The molecule has 2 unspecified atom stereocenters. The summed E-state index contributed by atoms with van der Waals surface area (Å²) in [6.07, 6.45) is 5.02. The van der Waals surface area contributed by atoms with Crippen LogP contribution in [-0.2, 0) is 0 Å². The van der Waals surface area contributed by atoms with Gasteiger partial charge in [0.1, 0.15) is 0 Å². The Kier molecular flexibility index (Phi) is 4.94. The van der Waals surface area contributed by atoms with Gasteiger partial charge in [-0.25, -0.2) is 0 Å². The third-order valence-electron chi connectivity index (χ3n) is 5.12. The second-order valence-corrected chi connectivity index (χ2v) is 7.30. The summed E-state index contributed by atoms with van der Waals surface area (Å²) in [5.74, 6) is 0. The maximum absolute atomic E-state index is 5.70. The number of nitrogens with zero attached hydrogens (tertiary/aromatic N) is 3. The number of rotatable bonds is 5. The van der Waals surface area contributed by atoms with E-state index in [1.807, 2.05) is 18.3 Å². The van der Waals surface area contributed by atoms with E-state index in [-0.39, 0.29) is 12.1 Å². The summed E-state index contributed by atoms with van der Waals surface area (Å²) in [4.78, 5) is 6.92. The van der Waals surface area contributed by atoms with Crippen LogP contribution in [0, 0.1) is 6.92 Å². The highest BCUT2D eigenvalue weighted by atomic mass is 32.1. The molecule has 138 valence electrons. The largest absolute Gasteiger partial charge is 0.352 e. The fourth-order valence-electron chi connectivity index (χ4n) is 3.90. The number of nitrogens with one attached hydrogen (secondary N) is 1. The van der Waals surface area contributed by atoms with Gasteiger partial charge in [-0.15, -0.1) is 0 Å². The van der Waals surface area contributed by atoms with Crippen LogP contribution in [-0.4, -0.2) is 26.1 Å². The molecule has 1 fully saturated rings. The van der Waals surface area contributed by atoms with Crippen LogP contribution < -0.4 is 5.32 Å². The van der Waals surface area contributed by atoms with Crippen molar-refractivity contribution in [3.8, 4) is 5.69 Å². The van der Waals surface area contributed by atoms with Gasteiger partial charge in [0.25, 0.3) is 0 Å². The van der Waals surface area contributed by atoms with Crippen molar-refractivity contribution in [1.29, 1.82) is 0 Å². The van der Waals surface area contributed by atoms with E-state index in [1.165, 1.54) is 16.9 Å². The summed E-state index contributed by atoms with van der Waals surface area (Å²) >= 11 is 5.70. The molecule has 0 saturated carbocycles. The highest BCUT2D eigenvalue weighted by molar-refractivity contribution is 7.80. The predicted molar refractivity (Wildman–Crippen MR) is 113 cm³/mol. The molecule has 4 nitrogen and oxygen atoms in total. The van der Waals surface area contributed by atoms with E-state index < -0.39 is 0 Å². The first-order valence-electron chi connectivity index (χ1n) is 9.42. The van der Waals surface area contributed by atoms with Gasteiger partial charge >= 0.3 is 0 Å². The lowest BCUT2D eigenvalue weighted by molar-refractivity contribution is 0.309. The van der Waals surface area contributed by atoms with Crippen molar-refractivity contribution in [2.24, 2.45) is 0 Å². The van der Waals surface area contributed by atoms with E-state index in [1.54, 1.807) is 0 Å². The zero-order valence-electron chi connectivity index (χ0n) is 15.7. The number of thiocarbonyl (C=S) groups is 1. The maximum atomic E-state index is 5.70. The molecule has 0 aliphatic carbocycles. The van der Waals surface area contributed by atoms with Crippen molar-refractivity contribution >= 4 is 17.3 Å². The van der Waals surface area contributed by atoms with Gasteiger partial charge in [0, 0.05) is 30.3 Å². The van der Waals surface area contributed by atoms with Crippen LogP contribution in [0.25, 0.3) is 5.69 Å². The van der Waals surface area contributed by atoms with Crippen LogP contribution in [0.4, 0.5) is 0 Å². The number of hydrogen-bond acceptors (Lipinski definition) is 2. The van der Waals surface area contributed by atoms with Gasteiger partial charge in [0.05, 0.1) is 17.8 Å². The topological polar surface area (TPSA) is 33.1 Å². The minimum atomic E-state index is 0.0305. The molecule has 2 aromatic heterocycles. The summed E-state index contributed by atoms with van der Waals surface area (Å²) in [6.45, 7) is 5.25. The first-order valence-corrected chi connectivity index (χ1v) is 9.83. The molecule has 2 atom stereocenters. The van der Waals surface area contributed by atoms with Gasteiger partial charge in [0.2, 0.25) is 0 Å². The fourth-order valence-corrected chi connectivity index (χ4v) is 4.23. The minimum Gasteiger partial charge on any atom is -0.352 e. The number of benzene rings is 1. The monoisotopic (exact) mass is 376 g/mol. The molecule has 1 saturated heterocycles. The molecule has 0 amide bonds. The van der Waals surface area contributed by atoms with Gasteiger partial charge in [-0.1, -0.05) is 31.2 Å². The Morgan fingerprint density at radius 3 is 2.63 bits per heavy atom. The Bertz CT molecular complexity index is 934. The number of hydrogen-bond donors (Lipinski definition) is 1. The van der Waals surface area contributed by atoms with Gasteiger partial charge in [-0.3, -0.25) is 4.98 Å². The van der Waals surface area contributed by atoms with Crippen LogP contribution in [0.5, 0.6) is 0 Å². The van der Waals surface area contributed by atoms with Crippen molar-refractivity contribution in [1.82, 2.24) is 19.8 Å². The van der Waals surface area contributed by atoms with Crippen LogP contribution in [0.2, 0.25) is 0 Å². The molecule has 3 aromatic rings. The third-order valence-corrected chi connectivity index (χ3v) is 5.47. The number of para-hydroxylation sites is 1. The minimum absolute atomic E-state index is 0.0305. The van der Waals surface area contributed by atoms with Gasteiger partial charge in [-0.05, 0) is 61.5 Å². The molecule has 1 aliphatic rings. The van der Waals surface area contributed by atoms with E-state index in [0.29, 0.717) is 0 Å². The Morgan fingerprint density at radius 2 is 1.89 bits per heavy atom. The molecule has 1 aliphatic heterocycles. The molecule has 1 N–H and O–H groups in total. The smallest absolute Gasteiger partial charge is 0.170 e. The zero-order valence-corrected chi connectivity index (χ0v) is 16.5. The summed E-state index contributed by atoms with van der Waals surface area (Å²) < 4.78 is 2.29. The SMILES string of the molecule is CCCN1C(=S)NC(c2ccccn2)C1c1cccn1-c1ccccc1C. The summed E-state index contributed by atoms with van der Waals surface area (Å²) in [5.41, 5.74) is 4.69. The van der Waals surface area contributed by atoms with Crippen molar-refractivity contribution in [2.45, 2.75) is 32.4 Å². The van der Waals surface area contributed by atoms with Crippen molar-refractivity contribution < 1.29 is 0 Å². The molecular weight excluding hydrogens is 352 g/mol. The quantitative estimate of drug-likeness (QED) is 0.662. The number of aromatic nitrogens is 2. The van der Waals surface area contributed by atoms with Crippen LogP contribution in [0.3, 0.4) is 0 Å². The highest BCUT2D eigenvalue weighted by Crippen LogP contribution is 2.39. The van der Waals surface area contributed by atoms with Crippen molar-refractivity contribution in [3.05, 3.63) is 83.9 Å². The second kappa shape index (κ2) is 7.53. The molecule has 5 heteroatoms. The predicted octanol–water partition coefficient (Wildman–Crippen LogP) is 4.56. The Labute approximate surface area is 165 Å². The fraction of sp³-hybridized carbons (Fsp3) is 0.273. The highest BCUT2D eigenvalue weighted by Gasteiger charge is 2.40. The summed E-state index contributed by atoms with van der Waals surface area (Å²) in [6, 6.07) is 19.0. The molecule has 0 bridgehead atoms. The summed E-state index contributed by atoms with van der Waals surface area (Å²) in [7, 11) is 0. The van der Waals surface area contributed by atoms with E-state index in [4.69, 9.17) is 12.2 Å². The average Bonchev–Trinajstić information content (AvgIpc) is 3.28. The van der Waals surface area contributed by atoms with E-state index in [2.05, 4.69) is 82.3 Å². The second-order valence-electron chi connectivity index (χ2n) is 6.91. The Morgan fingerprint density at radius 1 is 1.07 bits per heavy atom. The van der Waals surface area contributed by atoms with Crippen LogP contribution in [0.15, 0.2) is 67.0 Å². The maximum Gasteiger partial charge on any atom is 0.170 e. The van der Waals surface area contributed by atoms with Crippen molar-refractivity contribution in [2.75, 3.05) is 6.54 Å². The Hall–Kier alpha value is -2.66. The van der Waals surface area contributed by atoms with Crippen LogP contribution in [0.1, 0.15) is 42.4 Å². The molecule has 27 heavy (non-hydrogen) atoms. The van der Waals surface area contributed by atoms with E-state index >= 15 is 0 Å². The van der Waals surface area contributed by atoms with Gasteiger partial charge in [0.15, 0.2) is 5.11 Å². The van der Waals surface area contributed by atoms with Crippen LogP contribution >= 0.6 is 12.2 Å². The first-order chi connectivity index (χ1) is 13.2. The normalized spacial score (nSPS) is 19.3. The number of pyridine rings is 1. The first kappa shape index (κ1) is 17.7. The lowest BCUT2D eigenvalue weighted by Crippen LogP contribution is -2.31. The molecule has 3 heterocycles. The molecule has 1 aromatic carbocycles. The average molecular weight is 377 g/mol. The lowest BCUT2D eigenvalue weighted by Gasteiger charge is -2.29. The lowest BCUT2D eigenvalue weighted by atomic mass is 10.0. The van der Waals surface area contributed by atoms with Gasteiger partial charge in [-0.2, -0.15) is 0 Å². The molecular formula is C22H24N4S. The standard InChI is InChI=1S/C22H24N4S/c1-3-14-26-21(20(24-22(26)27)17-10-6-7-13-23-17)19-12-8-15-25(19)18-11-5-4-9-16(18)2/h4-13,15,20-21H,3,14H2,1-2H3,(H,24,27). The Balaban J connectivity index is 1.83. The zero-order chi connectivity index (χ0) is 18.8. The van der Waals surface area contributed by atoms with Crippen molar-refractivity contribution in [3.63, 3.8) is 0 Å². The summed E-state index contributed by atoms with van der Waals surface area (Å²) in [5, 5.41) is 4.32. The third kappa shape index (κ3) is 3.23. The molecule has 4 rings (SSSR count). The molecule has 0 radical (unpaired) electrons. The molecule has 0 spiro atoms. The van der Waals surface area contributed by atoms with E-state index in [0.717, 1.165) is 23.8 Å². The van der Waals surface area contributed by atoms with E-state index in [9.17, 15) is 0 Å².